The van der Waals surface area contributed by atoms with Gasteiger partial charge in [-0.05, 0) is 43.2 Å². The van der Waals surface area contributed by atoms with Crippen molar-refractivity contribution >= 4 is 13.2 Å². The van der Waals surface area contributed by atoms with E-state index in [-0.39, 0.29) is 6.61 Å². The van der Waals surface area contributed by atoms with Gasteiger partial charge in [-0.25, -0.2) is 4.57 Å². The molecule has 0 bridgehead atoms. The Bertz CT molecular complexity index is 630. The molecular formula is C14H14F3O3P. The zero-order valence-electron chi connectivity index (χ0n) is 11.5. The van der Waals surface area contributed by atoms with Crippen molar-refractivity contribution in [3.63, 3.8) is 0 Å². The van der Waals surface area contributed by atoms with Crippen molar-refractivity contribution in [3.8, 4) is 0 Å². The Morgan fingerprint density at radius 3 is 2.38 bits per heavy atom. The Balaban J connectivity index is 2.36. The molecule has 0 saturated carbocycles. The quantitative estimate of drug-likeness (QED) is 0.718. The Kier molecular flexibility index (Phi) is 4.30. The fourth-order valence-corrected chi connectivity index (χ4v) is 3.49. The molecule has 1 aliphatic rings. The molecule has 114 valence electrons. The van der Waals surface area contributed by atoms with Crippen molar-refractivity contribution in [1.82, 2.24) is 0 Å². The molecule has 1 heterocycles. The second kappa shape index (κ2) is 5.70. The van der Waals surface area contributed by atoms with Gasteiger partial charge >= 0.3 is 13.8 Å². The number of hydrogen-bond donors (Lipinski definition) is 0. The van der Waals surface area contributed by atoms with Crippen LogP contribution in [0, 0.1) is 0 Å². The summed E-state index contributed by atoms with van der Waals surface area (Å²) in [4.78, 5) is 0. The first-order valence-electron chi connectivity index (χ1n) is 6.26. The minimum absolute atomic E-state index is 0.210. The lowest BCUT2D eigenvalue weighted by molar-refractivity contribution is -0.137. The van der Waals surface area contributed by atoms with Crippen LogP contribution in [0.2, 0.25) is 0 Å². The van der Waals surface area contributed by atoms with Crippen molar-refractivity contribution in [2.45, 2.75) is 20.0 Å². The van der Waals surface area contributed by atoms with E-state index in [1.807, 2.05) is 0 Å². The molecule has 1 aromatic rings. The SMILES string of the molecule is CCOP1(=O)C=C(c2ccc(C(F)(F)F)cc2)C=C(C)O1. The van der Waals surface area contributed by atoms with Crippen molar-refractivity contribution in [2.24, 2.45) is 0 Å². The Labute approximate surface area is 120 Å². The van der Waals surface area contributed by atoms with E-state index in [1.54, 1.807) is 19.9 Å². The van der Waals surface area contributed by atoms with E-state index in [0.717, 1.165) is 12.1 Å². The van der Waals surface area contributed by atoms with E-state index in [0.29, 0.717) is 16.9 Å². The summed E-state index contributed by atoms with van der Waals surface area (Å²) in [7, 11) is -3.39. The van der Waals surface area contributed by atoms with Gasteiger partial charge in [0.25, 0.3) is 0 Å². The third-order valence-corrected chi connectivity index (χ3v) is 4.54. The molecule has 1 atom stereocenters. The zero-order chi connectivity index (χ0) is 15.7. The predicted octanol–water partition coefficient (Wildman–Crippen LogP) is 5.21. The van der Waals surface area contributed by atoms with Gasteiger partial charge in [0.2, 0.25) is 0 Å². The summed E-state index contributed by atoms with van der Waals surface area (Å²) in [5.41, 5.74) is 0.308. The molecule has 0 saturated heterocycles. The third kappa shape index (κ3) is 3.77. The summed E-state index contributed by atoms with van der Waals surface area (Å²) in [6.07, 6.45) is -2.77. The van der Waals surface area contributed by atoms with E-state index in [1.165, 1.54) is 17.9 Å². The van der Waals surface area contributed by atoms with Crippen LogP contribution in [0.1, 0.15) is 25.0 Å². The molecule has 0 spiro atoms. The van der Waals surface area contributed by atoms with Crippen LogP contribution in [0.4, 0.5) is 13.2 Å². The first-order chi connectivity index (χ1) is 9.73. The van der Waals surface area contributed by atoms with E-state index in [9.17, 15) is 17.7 Å². The molecule has 0 radical (unpaired) electrons. The monoisotopic (exact) mass is 318 g/mol. The highest BCUT2D eigenvalue weighted by Crippen LogP contribution is 2.56. The number of hydrogen-bond acceptors (Lipinski definition) is 3. The van der Waals surface area contributed by atoms with E-state index in [4.69, 9.17) is 9.05 Å². The van der Waals surface area contributed by atoms with Crippen LogP contribution in [0.15, 0.2) is 41.9 Å². The van der Waals surface area contributed by atoms with Gasteiger partial charge in [-0.15, -0.1) is 0 Å². The molecule has 0 aliphatic carbocycles. The Morgan fingerprint density at radius 2 is 1.86 bits per heavy atom. The molecule has 2 rings (SSSR count). The summed E-state index contributed by atoms with van der Waals surface area (Å²) >= 11 is 0. The second-order valence-corrected chi connectivity index (χ2v) is 6.24. The van der Waals surface area contributed by atoms with E-state index < -0.39 is 19.3 Å². The van der Waals surface area contributed by atoms with Crippen LogP contribution in [-0.4, -0.2) is 6.61 Å². The minimum atomic E-state index is -4.38. The van der Waals surface area contributed by atoms with Crippen LogP contribution in [0.25, 0.3) is 5.57 Å². The number of halogens is 3. The average Bonchev–Trinajstić information content (AvgIpc) is 2.36. The van der Waals surface area contributed by atoms with Gasteiger partial charge in [-0.3, -0.25) is 4.52 Å². The normalized spacial score (nSPS) is 22.3. The molecule has 1 aromatic carbocycles. The number of alkyl halides is 3. The molecule has 0 aromatic heterocycles. The molecule has 1 unspecified atom stereocenters. The lowest BCUT2D eigenvalue weighted by Crippen LogP contribution is -2.04. The summed E-state index contributed by atoms with van der Waals surface area (Å²) in [5.74, 6) is 1.72. The molecule has 1 aliphatic heterocycles. The molecule has 0 amide bonds. The Hall–Kier alpha value is -1.52. The topological polar surface area (TPSA) is 35.5 Å². The predicted molar refractivity (Wildman–Crippen MR) is 73.5 cm³/mol. The highest BCUT2D eigenvalue weighted by Gasteiger charge is 2.31. The highest BCUT2D eigenvalue weighted by atomic mass is 31.2. The molecule has 21 heavy (non-hydrogen) atoms. The Morgan fingerprint density at radius 1 is 1.24 bits per heavy atom. The zero-order valence-corrected chi connectivity index (χ0v) is 12.4. The second-order valence-electron chi connectivity index (χ2n) is 4.46. The van der Waals surface area contributed by atoms with Gasteiger partial charge in [-0.2, -0.15) is 13.2 Å². The van der Waals surface area contributed by atoms with Gasteiger partial charge in [0.15, 0.2) is 0 Å². The molecule has 3 nitrogen and oxygen atoms in total. The number of allylic oxidation sites excluding steroid dienone is 3. The fraction of sp³-hybridized carbons (Fsp3) is 0.286. The number of benzene rings is 1. The smallest absolute Gasteiger partial charge is 0.416 e. The van der Waals surface area contributed by atoms with Gasteiger partial charge < -0.3 is 4.52 Å². The van der Waals surface area contributed by atoms with Crippen LogP contribution in [0.5, 0.6) is 0 Å². The summed E-state index contributed by atoms with van der Waals surface area (Å²) in [6, 6.07) is 4.64. The fourth-order valence-electron chi connectivity index (χ4n) is 1.93. The maximum atomic E-state index is 12.5. The van der Waals surface area contributed by atoms with Crippen LogP contribution in [-0.2, 0) is 19.8 Å². The van der Waals surface area contributed by atoms with Crippen LogP contribution >= 0.6 is 7.60 Å². The molecule has 0 fully saturated rings. The molecular weight excluding hydrogens is 304 g/mol. The van der Waals surface area contributed by atoms with E-state index >= 15 is 0 Å². The molecule has 7 heteroatoms. The van der Waals surface area contributed by atoms with Crippen LogP contribution in [0.3, 0.4) is 0 Å². The van der Waals surface area contributed by atoms with Crippen molar-refractivity contribution in [2.75, 3.05) is 6.61 Å². The van der Waals surface area contributed by atoms with Gasteiger partial charge in [0, 0.05) is 5.82 Å². The maximum absolute atomic E-state index is 12.5. The van der Waals surface area contributed by atoms with Gasteiger partial charge in [0.05, 0.1) is 12.2 Å². The minimum Gasteiger partial charge on any atom is -0.426 e. The van der Waals surface area contributed by atoms with E-state index in [2.05, 4.69) is 0 Å². The maximum Gasteiger partial charge on any atom is 0.416 e. The summed E-state index contributed by atoms with van der Waals surface area (Å²) in [5, 5.41) is 0. The van der Waals surface area contributed by atoms with Crippen LogP contribution < -0.4 is 0 Å². The van der Waals surface area contributed by atoms with Gasteiger partial charge in [-0.1, -0.05) is 12.1 Å². The van der Waals surface area contributed by atoms with Gasteiger partial charge in [0.1, 0.15) is 5.76 Å². The lowest BCUT2D eigenvalue weighted by Gasteiger charge is -2.21. The molecule has 0 N–H and O–H groups in total. The summed E-state index contributed by atoms with van der Waals surface area (Å²) < 4.78 is 60.2. The van der Waals surface area contributed by atoms with Crippen molar-refractivity contribution < 1.29 is 26.8 Å². The highest BCUT2D eigenvalue weighted by molar-refractivity contribution is 7.57. The van der Waals surface area contributed by atoms with Crippen molar-refractivity contribution in [1.29, 1.82) is 0 Å². The van der Waals surface area contributed by atoms with Crippen molar-refractivity contribution in [3.05, 3.63) is 53.0 Å². The standard InChI is InChI=1S/C14H14F3O3P/c1-3-19-21(18)9-12(8-10(2)20-21)11-4-6-13(7-5-11)14(15,16)17/h4-9H,3H2,1-2H3. The first-order valence-corrected chi connectivity index (χ1v) is 7.87. The largest absolute Gasteiger partial charge is 0.426 e. The summed E-state index contributed by atoms with van der Waals surface area (Å²) in [6.45, 7) is 3.51. The number of rotatable bonds is 3. The lowest BCUT2D eigenvalue weighted by atomic mass is 10.0. The third-order valence-electron chi connectivity index (χ3n) is 2.78. The average molecular weight is 318 g/mol. The first kappa shape index (κ1) is 15.9.